The lowest BCUT2D eigenvalue weighted by molar-refractivity contribution is 0.458. The number of hydrogen-bond acceptors (Lipinski definition) is 3. The topological polar surface area (TPSA) is 34.1 Å². The smallest absolute Gasteiger partial charge is 0.221 e. The van der Waals surface area contributed by atoms with Crippen molar-refractivity contribution in [2.75, 3.05) is 11.9 Å². The molecule has 1 aromatic carbocycles. The summed E-state index contributed by atoms with van der Waals surface area (Å²) in [6.07, 6.45) is 1.02. The largest absolute Gasteiger partial charge is 0.439 e. The van der Waals surface area contributed by atoms with E-state index in [9.17, 15) is 4.39 Å². The van der Waals surface area contributed by atoms with Crippen molar-refractivity contribution in [3.63, 3.8) is 0 Å². The van der Waals surface area contributed by atoms with Gasteiger partial charge in [0, 0.05) is 23.2 Å². The minimum absolute atomic E-state index is 0.357. The summed E-state index contributed by atoms with van der Waals surface area (Å²) in [4.78, 5) is 4.29. The zero-order valence-electron chi connectivity index (χ0n) is 10.5. The first kappa shape index (κ1) is 13.8. The number of hydrogen-bond donors (Lipinski definition) is 1. The van der Waals surface area contributed by atoms with E-state index in [0.717, 1.165) is 18.8 Å². The minimum Gasteiger partial charge on any atom is -0.439 e. The quantitative estimate of drug-likeness (QED) is 0.872. The van der Waals surface area contributed by atoms with Gasteiger partial charge in [0.15, 0.2) is 0 Å². The predicted molar refractivity (Wildman–Crippen MR) is 77.2 cm³/mol. The first-order valence-corrected chi connectivity index (χ1v) is 6.81. The highest BCUT2D eigenvalue weighted by Crippen LogP contribution is 2.25. The van der Waals surface area contributed by atoms with Crippen molar-refractivity contribution in [1.29, 1.82) is 0 Å². The van der Waals surface area contributed by atoms with Crippen LogP contribution in [-0.4, -0.2) is 11.5 Å². The molecule has 3 nitrogen and oxygen atoms in total. The molecule has 0 saturated heterocycles. The second kappa shape index (κ2) is 6.52. The Labute approximate surface area is 119 Å². The number of anilines is 1. The van der Waals surface area contributed by atoms with E-state index in [0.29, 0.717) is 16.1 Å². The Morgan fingerprint density at radius 2 is 2.16 bits per heavy atom. The number of benzene rings is 1. The van der Waals surface area contributed by atoms with E-state index < -0.39 is 0 Å². The zero-order chi connectivity index (χ0) is 13.7. The van der Waals surface area contributed by atoms with Crippen molar-refractivity contribution in [2.24, 2.45) is 0 Å². The van der Waals surface area contributed by atoms with Gasteiger partial charge >= 0.3 is 0 Å². The van der Waals surface area contributed by atoms with E-state index in [-0.39, 0.29) is 5.82 Å². The fraction of sp³-hybridized carbons (Fsp3) is 0.214. The van der Waals surface area contributed by atoms with Gasteiger partial charge in [-0.05, 0) is 24.6 Å². The Kier molecular flexibility index (Phi) is 4.74. The Hall–Kier alpha value is -1.62. The van der Waals surface area contributed by atoms with Crippen molar-refractivity contribution >= 4 is 21.7 Å². The van der Waals surface area contributed by atoms with Crippen LogP contribution in [0.15, 0.2) is 40.9 Å². The normalized spacial score (nSPS) is 10.3. The van der Waals surface area contributed by atoms with Crippen LogP contribution in [-0.2, 0) is 0 Å². The lowest BCUT2D eigenvalue weighted by Crippen LogP contribution is -2.02. The van der Waals surface area contributed by atoms with Gasteiger partial charge in [-0.2, -0.15) is 4.98 Å². The van der Waals surface area contributed by atoms with E-state index in [2.05, 4.69) is 33.2 Å². The van der Waals surface area contributed by atoms with Crippen LogP contribution in [0.5, 0.6) is 11.6 Å². The SMILES string of the molecule is CCCNc1cccc(Oc2cc(F)cc(Br)c2)n1. The maximum atomic E-state index is 13.2. The van der Waals surface area contributed by atoms with Crippen LogP contribution in [0.4, 0.5) is 10.2 Å². The maximum absolute atomic E-state index is 13.2. The highest BCUT2D eigenvalue weighted by Gasteiger charge is 2.03. The molecule has 0 aliphatic rings. The molecule has 0 bridgehead atoms. The minimum atomic E-state index is -0.357. The predicted octanol–water partition coefficient (Wildman–Crippen LogP) is 4.60. The molecule has 0 fully saturated rings. The average molecular weight is 325 g/mol. The number of ether oxygens (including phenoxy) is 1. The summed E-state index contributed by atoms with van der Waals surface area (Å²) >= 11 is 3.22. The lowest BCUT2D eigenvalue weighted by Gasteiger charge is -2.08. The Balaban J connectivity index is 2.13. The van der Waals surface area contributed by atoms with E-state index in [4.69, 9.17) is 4.74 Å². The summed E-state index contributed by atoms with van der Waals surface area (Å²) in [7, 11) is 0. The zero-order valence-corrected chi connectivity index (χ0v) is 12.1. The molecule has 2 rings (SSSR count). The third-order valence-electron chi connectivity index (χ3n) is 2.34. The van der Waals surface area contributed by atoms with Gasteiger partial charge in [-0.1, -0.05) is 28.9 Å². The van der Waals surface area contributed by atoms with Crippen molar-refractivity contribution < 1.29 is 9.13 Å². The van der Waals surface area contributed by atoms with Crippen LogP contribution in [0.25, 0.3) is 0 Å². The molecule has 0 aliphatic carbocycles. The van der Waals surface area contributed by atoms with E-state index in [1.807, 2.05) is 12.1 Å². The highest BCUT2D eigenvalue weighted by atomic mass is 79.9. The molecule has 0 radical (unpaired) electrons. The Morgan fingerprint density at radius 3 is 2.89 bits per heavy atom. The molecule has 0 saturated carbocycles. The summed E-state index contributed by atoms with van der Waals surface area (Å²) in [5, 5.41) is 3.17. The van der Waals surface area contributed by atoms with Crippen molar-refractivity contribution in [3.8, 4) is 11.6 Å². The molecule has 1 N–H and O–H groups in total. The second-order valence-electron chi connectivity index (χ2n) is 4.00. The van der Waals surface area contributed by atoms with Gasteiger partial charge in [0.1, 0.15) is 17.4 Å². The summed E-state index contributed by atoms with van der Waals surface area (Å²) in [6.45, 7) is 2.93. The van der Waals surface area contributed by atoms with Crippen LogP contribution in [0.1, 0.15) is 13.3 Å². The van der Waals surface area contributed by atoms with Crippen molar-refractivity contribution in [3.05, 3.63) is 46.7 Å². The van der Waals surface area contributed by atoms with E-state index in [1.54, 1.807) is 12.1 Å². The van der Waals surface area contributed by atoms with Gasteiger partial charge in [0.2, 0.25) is 5.88 Å². The van der Waals surface area contributed by atoms with Gasteiger partial charge in [-0.3, -0.25) is 0 Å². The Bertz CT molecular complexity index is 543. The Morgan fingerprint density at radius 1 is 1.32 bits per heavy atom. The molecule has 1 aromatic heterocycles. The monoisotopic (exact) mass is 324 g/mol. The number of nitrogens with one attached hydrogen (secondary N) is 1. The van der Waals surface area contributed by atoms with Crippen LogP contribution in [0, 0.1) is 5.82 Å². The third kappa shape index (κ3) is 4.21. The maximum Gasteiger partial charge on any atom is 0.221 e. The van der Waals surface area contributed by atoms with Gasteiger partial charge in [0.25, 0.3) is 0 Å². The molecule has 2 aromatic rings. The first-order valence-electron chi connectivity index (χ1n) is 6.02. The average Bonchev–Trinajstić information content (AvgIpc) is 2.35. The summed E-state index contributed by atoms with van der Waals surface area (Å²) < 4.78 is 19.4. The number of halogens is 2. The molecule has 5 heteroatoms. The number of nitrogens with zero attached hydrogens (tertiary/aromatic N) is 1. The molecule has 0 unspecified atom stereocenters. The van der Waals surface area contributed by atoms with E-state index >= 15 is 0 Å². The number of pyridine rings is 1. The highest BCUT2D eigenvalue weighted by molar-refractivity contribution is 9.10. The van der Waals surface area contributed by atoms with Crippen molar-refractivity contribution in [1.82, 2.24) is 4.98 Å². The van der Waals surface area contributed by atoms with Gasteiger partial charge in [0.05, 0.1) is 0 Å². The summed E-state index contributed by atoms with van der Waals surface area (Å²) in [6, 6.07) is 9.82. The molecule has 100 valence electrons. The molecule has 0 atom stereocenters. The molecular weight excluding hydrogens is 311 g/mol. The van der Waals surface area contributed by atoms with E-state index in [1.165, 1.54) is 12.1 Å². The second-order valence-corrected chi connectivity index (χ2v) is 4.91. The molecule has 0 aliphatic heterocycles. The fourth-order valence-electron chi connectivity index (χ4n) is 1.53. The summed E-state index contributed by atoms with van der Waals surface area (Å²) in [5.74, 6) is 1.23. The molecule has 19 heavy (non-hydrogen) atoms. The van der Waals surface area contributed by atoms with Crippen LogP contribution < -0.4 is 10.1 Å². The third-order valence-corrected chi connectivity index (χ3v) is 2.80. The summed E-state index contributed by atoms with van der Waals surface area (Å²) in [5.41, 5.74) is 0. The molecular formula is C14H14BrFN2O. The first-order chi connectivity index (χ1) is 9.17. The number of aromatic nitrogens is 1. The van der Waals surface area contributed by atoms with Crippen molar-refractivity contribution in [2.45, 2.75) is 13.3 Å². The van der Waals surface area contributed by atoms with Crippen LogP contribution in [0.2, 0.25) is 0 Å². The fourth-order valence-corrected chi connectivity index (χ4v) is 1.98. The standard InChI is InChI=1S/C14H14BrFN2O/c1-2-6-17-13-4-3-5-14(18-13)19-12-8-10(15)7-11(16)9-12/h3-5,7-9H,2,6H2,1H3,(H,17,18). The molecule has 1 heterocycles. The number of rotatable bonds is 5. The van der Waals surface area contributed by atoms with Crippen LogP contribution >= 0.6 is 15.9 Å². The van der Waals surface area contributed by atoms with Gasteiger partial charge in [-0.25, -0.2) is 4.39 Å². The molecule has 0 spiro atoms. The van der Waals surface area contributed by atoms with Gasteiger partial charge in [-0.15, -0.1) is 0 Å². The van der Waals surface area contributed by atoms with Crippen LogP contribution in [0.3, 0.4) is 0 Å². The van der Waals surface area contributed by atoms with Gasteiger partial charge < -0.3 is 10.1 Å². The lowest BCUT2D eigenvalue weighted by atomic mass is 10.3. The molecule has 0 amide bonds.